The Kier molecular flexibility index (Phi) is 4.80. The number of hydrogen-bond donors (Lipinski definition) is 2. The van der Waals surface area contributed by atoms with Gasteiger partial charge in [0.15, 0.2) is 9.84 Å². The third-order valence-electron chi connectivity index (χ3n) is 3.50. The van der Waals surface area contributed by atoms with E-state index in [-0.39, 0.29) is 40.9 Å². The Hall–Kier alpha value is -1.96. The molecular formula is C14H17FN2O4S. The Bertz CT molecular complexity index is 716. The second-order valence-electron chi connectivity index (χ2n) is 5.37. The Labute approximate surface area is 128 Å². The molecule has 6 nitrogen and oxygen atoms in total. The van der Waals surface area contributed by atoms with Crippen LogP contribution in [0.3, 0.4) is 0 Å². The average molecular weight is 328 g/mol. The molecule has 22 heavy (non-hydrogen) atoms. The number of phenolic OH excluding ortho intramolecular Hbond substituents is 1. The highest BCUT2D eigenvalue weighted by Crippen LogP contribution is 2.21. The van der Waals surface area contributed by atoms with E-state index in [1.807, 2.05) is 0 Å². The number of hydrogen-bond acceptors (Lipinski definition) is 5. The SMILES string of the molecule is C/C(=N\NC(=O)C[C@@H]1CCS(=O)(=O)C1)c1cc(F)ccc1O. The summed E-state index contributed by atoms with van der Waals surface area (Å²) in [6.07, 6.45) is 0.550. The number of carbonyl (C=O) groups is 1. The summed E-state index contributed by atoms with van der Waals surface area (Å²) in [5, 5.41) is 13.4. The van der Waals surface area contributed by atoms with E-state index in [1.165, 1.54) is 13.0 Å². The van der Waals surface area contributed by atoms with E-state index < -0.39 is 21.6 Å². The summed E-state index contributed by atoms with van der Waals surface area (Å²) >= 11 is 0. The van der Waals surface area contributed by atoms with E-state index >= 15 is 0 Å². The van der Waals surface area contributed by atoms with E-state index in [2.05, 4.69) is 10.5 Å². The molecule has 0 unspecified atom stereocenters. The molecule has 1 aliphatic heterocycles. The minimum atomic E-state index is -3.02. The fourth-order valence-electron chi connectivity index (χ4n) is 2.35. The van der Waals surface area contributed by atoms with E-state index in [9.17, 15) is 22.7 Å². The molecule has 1 fully saturated rings. The molecule has 0 bridgehead atoms. The number of sulfone groups is 1. The lowest BCUT2D eigenvalue weighted by atomic mass is 10.1. The monoisotopic (exact) mass is 328 g/mol. The molecule has 1 atom stereocenters. The van der Waals surface area contributed by atoms with Crippen LogP contribution in [0.15, 0.2) is 23.3 Å². The zero-order valence-corrected chi connectivity index (χ0v) is 12.9. The first-order chi connectivity index (χ1) is 10.3. The van der Waals surface area contributed by atoms with Crippen LogP contribution in [-0.2, 0) is 14.6 Å². The fraction of sp³-hybridized carbons (Fsp3) is 0.429. The van der Waals surface area contributed by atoms with Crippen LogP contribution in [0.25, 0.3) is 0 Å². The topological polar surface area (TPSA) is 95.8 Å². The lowest BCUT2D eigenvalue weighted by Gasteiger charge is -2.07. The summed E-state index contributed by atoms with van der Waals surface area (Å²) in [4.78, 5) is 11.7. The Morgan fingerprint density at radius 2 is 2.23 bits per heavy atom. The molecular weight excluding hydrogens is 311 g/mol. The molecule has 1 amide bonds. The number of halogens is 1. The molecule has 1 aromatic carbocycles. The van der Waals surface area contributed by atoms with E-state index in [1.54, 1.807) is 0 Å². The van der Waals surface area contributed by atoms with Crippen molar-refractivity contribution in [2.75, 3.05) is 11.5 Å². The molecule has 120 valence electrons. The summed E-state index contributed by atoms with van der Waals surface area (Å²) in [7, 11) is -3.02. The third-order valence-corrected chi connectivity index (χ3v) is 5.33. The highest BCUT2D eigenvalue weighted by molar-refractivity contribution is 7.91. The second kappa shape index (κ2) is 6.43. The second-order valence-corrected chi connectivity index (χ2v) is 7.60. The summed E-state index contributed by atoms with van der Waals surface area (Å²) in [5.74, 6) is -1.12. The quantitative estimate of drug-likeness (QED) is 0.641. The van der Waals surface area contributed by atoms with Gasteiger partial charge in [-0.05, 0) is 37.5 Å². The zero-order valence-electron chi connectivity index (χ0n) is 12.0. The van der Waals surface area contributed by atoms with Crippen LogP contribution < -0.4 is 5.43 Å². The van der Waals surface area contributed by atoms with Crippen molar-refractivity contribution in [1.29, 1.82) is 0 Å². The highest BCUT2D eigenvalue weighted by atomic mass is 32.2. The van der Waals surface area contributed by atoms with Crippen molar-refractivity contribution < 1.29 is 22.7 Å². The first-order valence-electron chi connectivity index (χ1n) is 6.79. The molecule has 1 saturated heterocycles. The number of carbonyl (C=O) groups excluding carboxylic acids is 1. The standard InChI is InChI=1S/C14H17FN2O4S/c1-9(12-7-11(15)2-3-13(12)18)16-17-14(19)6-10-4-5-22(20,21)8-10/h2-3,7,10,18H,4-6,8H2,1H3,(H,17,19)/b16-9+/t10-/m0/s1. The van der Waals surface area contributed by atoms with Crippen molar-refractivity contribution in [2.45, 2.75) is 19.8 Å². The minimum absolute atomic E-state index is 0.0216. The number of rotatable bonds is 4. The van der Waals surface area contributed by atoms with Crippen LogP contribution in [0.4, 0.5) is 4.39 Å². The largest absolute Gasteiger partial charge is 0.507 e. The number of benzene rings is 1. The molecule has 1 heterocycles. The van der Waals surface area contributed by atoms with Crippen molar-refractivity contribution in [1.82, 2.24) is 5.43 Å². The highest BCUT2D eigenvalue weighted by Gasteiger charge is 2.29. The lowest BCUT2D eigenvalue weighted by molar-refractivity contribution is -0.121. The number of hydrazone groups is 1. The fourth-order valence-corrected chi connectivity index (χ4v) is 4.21. The number of nitrogens with one attached hydrogen (secondary N) is 1. The molecule has 0 saturated carbocycles. The Balaban J connectivity index is 1.96. The van der Waals surface area contributed by atoms with Crippen molar-refractivity contribution in [3.05, 3.63) is 29.6 Å². The van der Waals surface area contributed by atoms with Gasteiger partial charge in [0.25, 0.3) is 0 Å². The van der Waals surface area contributed by atoms with E-state index in [4.69, 9.17) is 0 Å². The lowest BCUT2D eigenvalue weighted by Crippen LogP contribution is -2.22. The van der Waals surface area contributed by atoms with Crippen LogP contribution >= 0.6 is 0 Å². The van der Waals surface area contributed by atoms with E-state index in [0.29, 0.717) is 6.42 Å². The van der Waals surface area contributed by atoms with Gasteiger partial charge in [-0.25, -0.2) is 18.2 Å². The maximum Gasteiger partial charge on any atom is 0.240 e. The maximum atomic E-state index is 13.1. The minimum Gasteiger partial charge on any atom is -0.507 e. The molecule has 2 N–H and O–H groups in total. The Morgan fingerprint density at radius 1 is 1.50 bits per heavy atom. The van der Waals surface area contributed by atoms with Gasteiger partial charge in [0.05, 0.1) is 17.2 Å². The molecule has 0 spiro atoms. The molecule has 2 rings (SSSR count). The normalized spacial score (nSPS) is 20.8. The van der Waals surface area contributed by atoms with Gasteiger partial charge in [-0.3, -0.25) is 4.79 Å². The van der Waals surface area contributed by atoms with Crippen molar-refractivity contribution in [3.63, 3.8) is 0 Å². The van der Waals surface area contributed by atoms with Crippen LogP contribution in [0.5, 0.6) is 5.75 Å². The number of phenols is 1. The van der Waals surface area contributed by atoms with Crippen LogP contribution in [-0.4, -0.2) is 36.6 Å². The predicted molar refractivity (Wildman–Crippen MR) is 79.8 cm³/mol. The molecule has 1 aromatic rings. The van der Waals surface area contributed by atoms with Crippen LogP contribution in [0.1, 0.15) is 25.3 Å². The van der Waals surface area contributed by atoms with Crippen molar-refractivity contribution >= 4 is 21.5 Å². The van der Waals surface area contributed by atoms with Crippen molar-refractivity contribution in [3.8, 4) is 5.75 Å². The van der Waals surface area contributed by atoms with E-state index in [0.717, 1.165) is 12.1 Å². The first kappa shape index (κ1) is 16.4. The van der Waals surface area contributed by atoms with Crippen LogP contribution in [0.2, 0.25) is 0 Å². The molecule has 0 aliphatic carbocycles. The molecule has 0 aromatic heterocycles. The smallest absolute Gasteiger partial charge is 0.240 e. The predicted octanol–water partition coefficient (Wildman–Crippen LogP) is 1.20. The van der Waals surface area contributed by atoms with Gasteiger partial charge in [-0.1, -0.05) is 0 Å². The number of amides is 1. The summed E-state index contributed by atoms with van der Waals surface area (Å²) in [6.45, 7) is 1.52. The third kappa shape index (κ3) is 4.27. The van der Waals surface area contributed by atoms with Gasteiger partial charge in [0.2, 0.25) is 5.91 Å². The van der Waals surface area contributed by atoms with Gasteiger partial charge in [-0.2, -0.15) is 5.10 Å². The number of nitrogens with zero attached hydrogens (tertiary/aromatic N) is 1. The van der Waals surface area contributed by atoms with Gasteiger partial charge < -0.3 is 5.11 Å². The van der Waals surface area contributed by atoms with Crippen molar-refractivity contribution in [2.24, 2.45) is 11.0 Å². The number of aromatic hydroxyl groups is 1. The molecule has 0 radical (unpaired) electrons. The summed E-state index contributed by atoms with van der Waals surface area (Å²) in [6, 6.07) is 3.43. The van der Waals surface area contributed by atoms with Gasteiger partial charge in [-0.15, -0.1) is 0 Å². The summed E-state index contributed by atoms with van der Waals surface area (Å²) < 4.78 is 35.8. The maximum absolute atomic E-state index is 13.1. The van der Waals surface area contributed by atoms with Gasteiger partial charge in [0.1, 0.15) is 11.6 Å². The first-order valence-corrected chi connectivity index (χ1v) is 8.61. The van der Waals surface area contributed by atoms with Crippen LogP contribution in [0, 0.1) is 11.7 Å². The summed E-state index contributed by atoms with van der Waals surface area (Å²) in [5.41, 5.74) is 2.74. The molecule has 8 heteroatoms. The zero-order chi connectivity index (χ0) is 16.3. The average Bonchev–Trinajstić information content (AvgIpc) is 2.78. The van der Waals surface area contributed by atoms with Gasteiger partial charge in [0, 0.05) is 12.0 Å². The van der Waals surface area contributed by atoms with Gasteiger partial charge >= 0.3 is 0 Å². The molecule has 1 aliphatic rings. The Morgan fingerprint density at radius 3 is 2.86 bits per heavy atom.